The van der Waals surface area contributed by atoms with Crippen LogP contribution in [-0.2, 0) is 24.8 Å². The predicted octanol–water partition coefficient (Wildman–Crippen LogP) is 1.68. The number of nitrogens with zero attached hydrogens (tertiary/aromatic N) is 2. The molecular formula is C16H16N2O3. The van der Waals surface area contributed by atoms with E-state index in [9.17, 15) is 14.7 Å². The van der Waals surface area contributed by atoms with Crippen LogP contribution in [0, 0.1) is 0 Å². The zero-order valence-electron chi connectivity index (χ0n) is 11.7. The fraction of sp³-hybridized carbons (Fsp3) is 0.250. The van der Waals surface area contributed by atoms with Crippen LogP contribution >= 0.6 is 0 Å². The molecule has 21 heavy (non-hydrogen) atoms. The lowest BCUT2D eigenvalue weighted by Crippen LogP contribution is -2.49. The first kappa shape index (κ1) is 13.4. The molecule has 0 spiro atoms. The summed E-state index contributed by atoms with van der Waals surface area (Å²) in [5.41, 5.74) is 2.51. The maximum atomic E-state index is 12.6. The van der Waals surface area contributed by atoms with Gasteiger partial charge in [0.05, 0.1) is 0 Å². The molecule has 1 aliphatic heterocycles. The fourth-order valence-electron chi connectivity index (χ4n) is 2.79. The molecule has 0 bridgehead atoms. The maximum absolute atomic E-state index is 12.6. The molecule has 1 N–H and O–H groups in total. The second-order valence-corrected chi connectivity index (χ2v) is 5.26. The van der Waals surface area contributed by atoms with Gasteiger partial charge in [-0.25, -0.2) is 4.79 Å². The Kier molecular flexibility index (Phi) is 3.25. The number of carbonyl (C=O) groups is 2. The van der Waals surface area contributed by atoms with Gasteiger partial charge in [0.1, 0.15) is 11.7 Å². The van der Waals surface area contributed by atoms with Gasteiger partial charge in [0.25, 0.3) is 5.91 Å². The van der Waals surface area contributed by atoms with Gasteiger partial charge in [-0.05, 0) is 23.3 Å². The third-order valence-electron chi connectivity index (χ3n) is 3.96. The first-order valence-corrected chi connectivity index (χ1v) is 6.80. The highest BCUT2D eigenvalue weighted by molar-refractivity contribution is 5.95. The van der Waals surface area contributed by atoms with E-state index < -0.39 is 12.0 Å². The number of benzene rings is 1. The van der Waals surface area contributed by atoms with Crippen LogP contribution in [0.4, 0.5) is 0 Å². The van der Waals surface area contributed by atoms with Gasteiger partial charge in [-0.15, -0.1) is 0 Å². The first-order valence-electron chi connectivity index (χ1n) is 6.80. The van der Waals surface area contributed by atoms with Gasteiger partial charge in [0.15, 0.2) is 0 Å². The van der Waals surface area contributed by atoms with Gasteiger partial charge in [-0.1, -0.05) is 24.3 Å². The first-order chi connectivity index (χ1) is 10.1. The Bertz CT molecular complexity index is 705. The molecule has 5 nitrogen and oxygen atoms in total. The summed E-state index contributed by atoms with van der Waals surface area (Å²) < 4.78 is 1.71. The molecule has 1 amide bonds. The third kappa shape index (κ3) is 2.31. The highest BCUT2D eigenvalue weighted by Gasteiger charge is 2.35. The molecular weight excluding hydrogens is 268 g/mol. The Labute approximate surface area is 122 Å². The highest BCUT2D eigenvalue weighted by atomic mass is 16.4. The number of carboxylic acid groups (broad SMARTS) is 1. The molecule has 0 aliphatic carbocycles. The molecule has 1 atom stereocenters. The third-order valence-corrected chi connectivity index (χ3v) is 3.96. The topological polar surface area (TPSA) is 62.5 Å². The quantitative estimate of drug-likeness (QED) is 0.912. The van der Waals surface area contributed by atoms with E-state index >= 15 is 0 Å². The number of carbonyl (C=O) groups excluding carboxylic acids is 1. The maximum Gasteiger partial charge on any atom is 0.326 e. The van der Waals surface area contributed by atoms with Crippen molar-refractivity contribution >= 4 is 11.9 Å². The summed E-state index contributed by atoms with van der Waals surface area (Å²) in [4.78, 5) is 25.6. The van der Waals surface area contributed by atoms with Crippen molar-refractivity contribution in [3.05, 3.63) is 59.4 Å². The van der Waals surface area contributed by atoms with Gasteiger partial charge in [-0.2, -0.15) is 0 Å². The molecule has 1 aromatic carbocycles. The minimum absolute atomic E-state index is 0.246. The zero-order valence-corrected chi connectivity index (χ0v) is 11.7. The molecule has 3 rings (SSSR count). The van der Waals surface area contributed by atoms with Gasteiger partial charge >= 0.3 is 5.97 Å². The zero-order chi connectivity index (χ0) is 15.0. The molecule has 108 valence electrons. The van der Waals surface area contributed by atoms with Gasteiger partial charge in [0, 0.05) is 26.2 Å². The second-order valence-electron chi connectivity index (χ2n) is 5.26. The summed E-state index contributed by atoms with van der Waals surface area (Å²) in [6.07, 6.45) is 2.13. The minimum Gasteiger partial charge on any atom is -0.480 e. The lowest BCUT2D eigenvalue weighted by molar-refractivity contribution is -0.142. The van der Waals surface area contributed by atoms with E-state index in [1.165, 1.54) is 4.90 Å². The van der Waals surface area contributed by atoms with Gasteiger partial charge < -0.3 is 14.6 Å². The molecule has 2 heterocycles. The van der Waals surface area contributed by atoms with E-state index in [-0.39, 0.29) is 5.91 Å². The number of aromatic nitrogens is 1. The Morgan fingerprint density at radius 3 is 2.48 bits per heavy atom. The lowest BCUT2D eigenvalue weighted by Gasteiger charge is -2.34. The smallest absolute Gasteiger partial charge is 0.326 e. The van der Waals surface area contributed by atoms with Crippen LogP contribution in [-0.4, -0.2) is 32.5 Å². The number of carboxylic acids is 1. The summed E-state index contributed by atoms with van der Waals surface area (Å²) in [6.45, 7) is 0.331. The number of rotatable bonds is 2. The molecule has 2 aromatic rings. The average Bonchev–Trinajstić information content (AvgIpc) is 2.91. The van der Waals surface area contributed by atoms with E-state index in [2.05, 4.69) is 0 Å². The number of aliphatic carboxylic acids is 1. The van der Waals surface area contributed by atoms with Crippen LogP contribution in [0.15, 0.2) is 42.6 Å². The molecule has 0 saturated carbocycles. The summed E-state index contributed by atoms with van der Waals surface area (Å²) in [6, 6.07) is 10.3. The average molecular weight is 284 g/mol. The molecule has 0 fully saturated rings. The normalized spacial score (nSPS) is 17.4. The summed E-state index contributed by atoms with van der Waals surface area (Å²) >= 11 is 0. The number of hydrogen-bond acceptors (Lipinski definition) is 2. The highest BCUT2D eigenvalue weighted by Crippen LogP contribution is 2.25. The molecule has 1 unspecified atom stereocenters. The van der Waals surface area contributed by atoms with Crippen molar-refractivity contribution in [1.82, 2.24) is 9.47 Å². The lowest BCUT2D eigenvalue weighted by atomic mass is 9.93. The standard InChI is InChI=1S/C16H16N2O3/c1-17-8-4-7-13(17)15(19)18-10-12-6-3-2-5-11(12)9-14(18)16(20)21/h2-8,14H,9-10H2,1H3,(H,20,21). The molecule has 0 radical (unpaired) electrons. The van der Waals surface area contributed by atoms with Gasteiger partial charge in [0.2, 0.25) is 0 Å². The Balaban J connectivity index is 1.98. The summed E-state index contributed by atoms with van der Waals surface area (Å²) in [5, 5.41) is 9.45. The Hall–Kier alpha value is -2.56. The van der Waals surface area contributed by atoms with Crippen molar-refractivity contribution in [3.8, 4) is 0 Å². The van der Waals surface area contributed by atoms with E-state index in [1.807, 2.05) is 24.3 Å². The van der Waals surface area contributed by atoms with Crippen molar-refractivity contribution in [2.75, 3.05) is 0 Å². The van der Waals surface area contributed by atoms with Gasteiger partial charge in [-0.3, -0.25) is 4.79 Å². The SMILES string of the molecule is Cn1cccc1C(=O)N1Cc2ccccc2CC1C(=O)O. The molecule has 5 heteroatoms. The van der Waals surface area contributed by atoms with E-state index in [1.54, 1.807) is 29.9 Å². The number of aryl methyl sites for hydroxylation is 1. The monoisotopic (exact) mass is 284 g/mol. The second kappa shape index (κ2) is 5.09. The fourth-order valence-corrected chi connectivity index (χ4v) is 2.79. The van der Waals surface area contributed by atoms with E-state index in [0.717, 1.165) is 11.1 Å². The molecule has 1 aromatic heterocycles. The number of amides is 1. The van der Waals surface area contributed by atoms with Crippen LogP contribution in [0.25, 0.3) is 0 Å². The number of hydrogen-bond donors (Lipinski definition) is 1. The summed E-state index contributed by atoms with van der Waals surface area (Å²) in [7, 11) is 1.78. The van der Waals surface area contributed by atoms with Crippen molar-refractivity contribution in [1.29, 1.82) is 0 Å². The number of fused-ring (bicyclic) bond motifs is 1. The minimum atomic E-state index is -0.966. The van der Waals surface area contributed by atoms with E-state index in [0.29, 0.717) is 18.7 Å². The Morgan fingerprint density at radius 2 is 1.86 bits per heavy atom. The molecule has 1 aliphatic rings. The van der Waals surface area contributed by atoms with Crippen LogP contribution in [0.5, 0.6) is 0 Å². The molecule has 0 saturated heterocycles. The van der Waals surface area contributed by atoms with Crippen molar-refractivity contribution in [3.63, 3.8) is 0 Å². The van der Waals surface area contributed by atoms with Crippen LogP contribution in [0.1, 0.15) is 21.6 Å². The van der Waals surface area contributed by atoms with E-state index in [4.69, 9.17) is 0 Å². The Morgan fingerprint density at radius 1 is 1.14 bits per heavy atom. The predicted molar refractivity (Wildman–Crippen MR) is 76.9 cm³/mol. The van der Waals surface area contributed by atoms with Crippen molar-refractivity contribution in [2.45, 2.75) is 19.0 Å². The van der Waals surface area contributed by atoms with Crippen LogP contribution < -0.4 is 0 Å². The van der Waals surface area contributed by atoms with Crippen molar-refractivity contribution < 1.29 is 14.7 Å². The van der Waals surface area contributed by atoms with Crippen LogP contribution in [0.2, 0.25) is 0 Å². The van der Waals surface area contributed by atoms with Crippen LogP contribution in [0.3, 0.4) is 0 Å². The van der Waals surface area contributed by atoms with Crippen molar-refractivity contribution in [2.24, 2.45) is 7.05 Å². The summed E-state index contributed by atoms with van der Waals surface area (Å²) in [5.74, 6) is -1.21. The largest absolute Gasteiger partial charge is 0.480 e.